The summed E-state index contributed by atoms with van der Waals surface area (Å²) < 4.78 is 33.4. The van der Waals surface area contributed by atoms with Gasteiger partial charge in [0, 0.05) is 13.1 Å². The largest absolute Gasteiger partial charge is 0.368 e. The molecule has 1 fully saturated rings. The molecule has 1 aliphatic heterocycles. The van der Waals surface area contributed by atoms with Gasteiger partial charge in [0.15, 0.2) is 0 Å². The van der Waals surface area contributed by atoms with E-state index in [1.165, 1.54) is 4.31 Å². The van der Waals surface area contributed by atoms with Crippen molar-refractivity contribution in [1.29, 1.82) is 0 Å². The monoisotopic (exact) mass is 331 g/mol. The molecule has 1 aliphatic rings. The Bertz CT molecular complexity index is 774. The van der Waals surface area contributed by atoms with E-state index in [9.17, 15) is 8.42 Å². The molecule has 0 bridgehead atoms. The molecule has 5 heteroatoms. The summed E-state index contributed by atoms with van der Waals surface area (Å²) in [4.78, 5) is 0.346. The minimum atomic E-state index is -3.51. The van der Waals surface area contributed by atoms with E-state index in [2.05, 4.69) is 0 Å². The lowest BCUT2D eigenvalue weighted by Gasteiger charge is -2.36. The third kappa shape index (κ3) is 3.47. The number of morpholine rings is 1. The first-order valence-corrected chi connectivity index (χ1v) is 9.18. The van der Waals surface area contributed by atoms with Gasteiger partial charge < -0.3 is 4.74 Å². The molecule has 0 N–H and O–H groups in total. The predicted molar refractivity (Wildman–Crippen MR) is 89.7 cm³/mol. The quantitative estimate of drug-likeness (QED) is 0.868. The second-order valence-corrected chi connectivity index (χ2v) is 7.92. The lowest BCUT2D eigenvalue weighted by Crippen LogP contribution is -2.45. The molecule has 2 atom stereocenters. The number of sulfonamides is 1. The summed E-state index contributed by atoms with van der Waals surface area (Å²) in [6.45, 7) is 4.52. The van der Waals surface area contributed by atoms with Crippen LogP contribution in [0.4, 0.5) is 0 Å². The van der Waals surface area contributed by atoms with Gasteiger partial charge in [0.05, 0.1) is 17.1 Å². The fourth-order valence-corrected chi connectivity index (χ4v) is 4.51. The van der Waals surface area contributed by atoms with Crippen LogP contribution in [0.5, 0.6) is 0 Å². The average Bonchev–Trinajstić information content (AvgIpc) is 2.55. The minimum Gasteiger partial charge on any atom is -0.368 e. The Morgan fingerprint density at radius 3 is 2.48 bits per heavy atom. The number of rotatable bonds is 3. The van der Waals surface area contributed by atoms with Gasteiger partial charge in [0.25, 0.3) is 0 Å². The van der Waals surface area contributed by atoms with Crippen molar-refractivity contribution in [2.75, 3.05) is 13.1 Å². The number of hydrogen-bond donors (Lipinski definition) is 0. The van der Waals surface area contributed by atoms with Crippen molar-refractivity contribution in [2.24, 2.45) is 0 Å². The van der Waals surface area contributed by atoms with Crippen molar-refractivity contribution in [1.82, 2.24) is 4.31 Å². The van der Waals surface area contributed by atoms with Gasteiger partial charge in [-0.1, -0.05) is 42.5 Å². The van der Waals surface area contributed by atoms with Crippen LogP contribution in [0.2, 0.25) is 0 Å². The fraction of sp³-hybridized carbons (Fsp3) is 0.333. The Morgan fingerprint density at radius 2 is 1.78 bits per heavy atom. The highest BCUT2D eigenvalue weighted by Gasteiger charge is 2.34. The van der Waals surface area contributed by atoms with Crippen molar-refractivity contribution >= 4 is 10.0 Å². The number of hydrogen-bond acceptors (Lipinski definition) is 3. The Morgan fingerprint density at radius 1 is 1.04 bits per heavy atom. The van der Waals surface area contributed by atoms with Gasteiger partial charge >= 0.3 is 0 Å². The van der Waals surface area contributed by atoms with E-state index < -0.39 is 10.0 Å². The molecule has 2 unspecified atom stereocenters. The maximum atomic E-state index is 12.9. The van der Waals surface area contributed by atoms with E-state index in [0.29, 0.717) is 18.0 Å². The maximum Gasteiger partial charge on any atom is 0.243 e. The van der Waals surface area contributed by atoms with E-state index in [0.717, 1.165) is 11.1 Å². The van der Waals surface area contributed by atoms with Gasteiger partial charge in [-0.25, -0.2) is 8.42 Å². The molecule has 2 aromatic rings. The Labute approximate surface area is 137 Å². The first-order valence-electron chi connectivity index (χ1n) is 7.74. The van der Waals surface area contributed by atoms with E-state index in [1.807, 2.05) is 50.2 Å². The normalized spacial score (nSPS) is 22.9. The van der Waals surface area contributed by atoms with Crippen LogP contribution in [-0.4, -0.2) is 31.9 Å². The molecule has 0 aromatic heterocycles. The highest BCUT2D eigenvalue weighted by atomic mass is 32.2. The van der Waals surface area contributed by atoms with Crippen LogP contribution >= 0.6 is 0 Å². The molecule has 0 aliphatic carbocycles. The van der Waals surface area contributed by atoms with Gasteiger partial charge in [0.2, 0.25) is 10.0 Å². The zero-order chi connectivity index (χ0) is 16.4. The molecule has 0 spiro atoms. The molecular weight excluding hydrogens is 310 g/mol. The third-order valence-electron chi connectivity index (χ3n) is 4.03. The van der Waals surface area contributed by atoms with E-state index in [1.54, 1.807) is 18.2 Å². The first-order chi connectivity index (χ1) is 11.0. The summed E-state index contributed by atoms with van der Waals surface area (Å²) >= 11 is 0. The van der Waals surface area contributed by atoms with Crippen LogP contribution in [-0.2, 0) is 14.8 Å². The molecule has 3 rings (SSSR count). The van der Waals surface area contributed by atoms with Crippen LogP contribution < -0.4 is 0 Å². The molecule has 0 amide bonds. The predicted octanol–water partition coefficient (Wildman–Crippen LogP) is 3.15. The molecular formula is C18H21NO3S. The van der Waals surface area contributed by atoms with Crippen LogP contribution in [0.15, 0.2) is 59.5 Å². The number of aryl methyl sites for hydroxylation is 1. The van der Waals surface area contributed by atoms with Crippen LogP contribution in [0.3, 0.4) is 0 Å². The molecule has 122 valence electrons. The van der Waals surface area contributed by atoms with E-state index in [4.69, 9.17) is 4.74 Å². The van der Waals surface area contributed by atoms with Crippen LogP contribution in [0.1, 0.15) is 24.2 Å². The SMILES string of the molecule is Cc1cccc(S(=O)(=O)N2CC(C)OC(c3ccccc3)C2)c1. The summed E-state index contributed by atoms with van der Waals surface area (Å²) in [5, 5.41) is 0. The van der Waals surface area contributed by atoms with Crippen molar-refractivity contribution in [3.63, 3.8) is 0 Å². The highest BCUT2D eigenvalue weighted by Crippen LogP contribution is 2.29. The van der Waals surface area contributed by atoms with Gasteiger partial charge in [-0.05, 0) is 37.1 Å². The van der Waals surface area contributed by atoms with Crippen LogP contribution in [0.25, 0.3) is 0 Å². The van der Waals surface area contributed by atoms with E-state index in [-0.39, 0.29) is 12.2 Å². The summed E-state index contributed by atoms with van der Waals surface area (Å²) in [5.74, 6) is 0. The molecule has 0 saturated carbocycles. The Kier molecular flexibility index (Phi) is 4.53. The molecule has 0 radical (unpaired) electrons. The Hall–Kier alpha value is -1.69. The number of nitrogens with zero attached hydrogens (tertiary/aromatic N) is 1. The minimum absolute atomic E-state index is 0.145. The van der Waals surface area contributed by atoms with Crippen molar-refractivity contribution in [2.45, 2.75) is 31.0 Å². The summed E-state index contributed by atoms with van der Waals surface area (Å²) in [6.07, 6.45) is -0.381. The topological polar surface area (TPSA) is 46.6 Å². The zero-order valence-corrected chi connectivity index (χ0v) is 14.2. The molecule has 1 heterocycles. The van der Waals surface area contributed by atoms with Gasteiger partial charge in [-0.2, -0.15) is 4.31 Å². The smallest absolute Gasteiger partial charge is 0.243 e. The van der Waals surface area contributed by atoms with Gasteiger partial charge in [0.1, 0.15) is 0 Å². The standard InChI is InChI=1S/C18H21NO3S/c1-14-7-6-10-17(11-14)23(20,21)19-12-15(2)22-18(13-19)16-8-4-3-5-9-16/h3-11,15,18H,12-13H2,1-2H3. The lowest BCUT2D eigenvalue weighted by molar-refractivity contribution is -0.0557. The fourth-order valence-electron chi connectivity index (χ4n) is 2.89. The summed E-state index contributed by atoms with van der Waals surface area (Å²) in [7, 11) is -3.51. The average molecular weight is 331 g/mol. The van der Waals surface area contributed by atoms with Crippen LogP contribution in [0, 0.1) is 6.92 Å². The Balaban J connectivity index is 1.90. The lowest BCUT2D eigenvalue weighted by atomic mass is 10.1. The molecule has 2 aromatic carbocycles. The second kappa shape index (κ2) is 6.43. The second-order valence-electron chi connectivity index (χ2n) is 5.98. The maximum absolute atomic E-state index is 12.9. The van der Waals surface area contributed by atoms with Gasteiger partial charge in [-0.15, -0.1) is 0 Å². The highest BCUT2D eigenvalue weighted by molar-refractivity contribution is 7.89. The molecule has 23 heavy (non-hydrogen) atoms. The van der Waals surface area contributed by atoms with Crippen molar-refractivity contribution in [3.8, 4) is 0 Å². The molecule has 4 nitrogen and oxygen atoms in total. The molecule has 1 saturated heterocycles. The summed E-state index contributed by atoms with van der Waals surface area (Å²) in [6, 6.07) is 16.8. The van der Waals surface area contributed by atoms with Crippen molar-refractivity contribution in [3.05, 3.63) is 65.7 Å². The zero-order valence-electron chi connectivity index (χ0n) is 13.3. The van der Waals surface area contributed by atoms with Crippen molar-refractivity contribution < 1.29 is 13.2 Å². The number of benzene rings is 2. The first kappa shape index (κ1) is 16.2. The number of ether oxygens (including phenoxy) is 1. The summed E-state index contributed by atoms with van der Waals surface area (Å²) in [5.41, 5.74) is 1.94. The van der Waals surface area contributed by atoms with Gasteiger partial charge in [-0.3, -0.25) is 0 Å². The van der Waals surface area contributed by atoms with E-state index >= 15 is 0 Å². The third-order valence-corrected chi connectivity index (χ3v) is 5.85.